The lowest BCUT2D eigenvalue weighted by Crippen LogP contribution is -2.21. The number of rotatable bonds is 3. The van der Waals surface area contributed by atoms with Gasteiger partial charge >= 0.3 is 0 Å². The lowest BCUT2D eigenvalue weighted by Gasteiger charge is -2.20. The predicted molar refractivity (Wildman–Crippen MR) is 149 cm³/mol. The molecule has 31 heavy (non-hydrogen) atoms. The van der Waals surface area contributed by atoms with E-state index >= 15 is 0 Å². The minimum absolute atomic E-state index is 0.848. The van der Waals surface area contributed by atoms with Crippen LogP contribution in [0.15, 0.2) is 109 Å². The van der Waals surface area contributed by atoms with E-state index in [0.29, 0.717) is 0 Å². The number of fused-ring (bicyclic) bond motifs is 2. The zero-order valence-electron chi connectivity index (χ0n) is 16.1. The smallest absolute Gasteiger partial charge is 0.0349 e. The maximum atomic E-state index is 3.97. The summed E-state index contributed by atoms with van der Waals surface area (Å²) in [6.45, 7) is 0. The molecule has 5 heteroatoms. The summed E-state index contributed by atoms with van der Waals surface area (Å²) in [5.74, 6) is 0. The second kappa shape index (κ2) is 9.08. The summed E-state index contributed by atoms with van der Waals surface area (Å²) in [7, 11) is -0.848. The summed E-state index contributed by atoms with van der Waals surface area (Å²) in [6, 6.07) is 32.0. The van der Waals surface area contributed by atoms with Gasteiger partial charge in [0.25, 0.3) is 0 Å². The van der Waals surface area contributed by atoms with E-state index in [4.69, 9.17) is 0 Å². The molecular formula is C26H15Br4P. The van der Waals surface area contributed by atoms with Crippen molar-refractivity contribution in [3.05, 3.63) is 109 Å². The summed E-state index contributed by atoms with van der Waals surface area (Å²) < 4.78 is 4.59. The SMILES string of the molecule is Brc1c2cccccc-2c(Br)c1P(c1ccccc1)c1c(Br)c2cccccc-2c1Br. The molecule has 0 bridgehead atoms. The van der Waals surface area contributed by atoms with Gasteiger partial charge in [0.1, 0.15) is 0 Å². The highest BCUT2D eigenvalue weighted by Crippen LogP contribution is 2.52. The molecule has 0 spiro atoms. The van der Waals surface area contributed by atoms with E-state index < -0.39 is 7.92 Å². The minimum Gasteiger partial charge on any atom is -0.0622 e. The van der Waals surface area contributed by atoms with Gasteiger partial charge in [-0.1, -0.05) is 91.0 Å². The standard InChI is InChI=1S/C26H15Br4P/c27-21-17-12-6-2-7-13-18(17)22(28)25(21)31(16-10-4-1-5-11-16)26-23(29)19-14-8-3-9-15-20(19)24(26)30/h1-15H. The van der Waals surface area contributed by atoms with Crippen molar-refractivity contribution < 1.29 is 0 Å². The molecule has 0 aromatic heterocycles. The van der Waals surface area contributed by atoms with Crippen LogP contribution >= 0.6 is 71.6 Å². The maximum Gasteiger partial charge on any atom is 0.0349 e. The van der Waals surface area contributed by atoms with Crippen LogP contribution in [-0.4, -0.2) is 0 Å². The van der Waals surface area contributed by atoms with Crippen molar-refractivity contribution in [1.82, 2.24) is 0 Å². The first-order valence-corrected chi connectivity index (χ1v) is 14.2. The Morgan fingerprint density at radius 2 is 0.677 bits per heavy atom. The largest absolute Gasteiger partial charge is 0.0622 e. The van der Waals surface area contributed by atoms with E-state index in [2.05, 4.69) is 155 Å². The Bertz CT molecular complexity index is 1170. The van der Waals surface area contributed by atoms with Gasteiger partial charge in [-0.3, -0.25) is 0 Å². The van der Waals surface area contributed by atoms with Crippen molar-refractivity contribution in [3.63, 3.8) is 0 Å². The van der Waals surface area contributed by atoms with E-state index in [1.165, 1.54) is 38.2 Å². The van der Waals surface area contributed by atoms with Crippen LogP contribution in [0, 0.1) is 0 Å². The van der Waals surface area contributed by atoms with Crippen molar-refractivity contribution in [2.45, 2.75) is 0 Å². The maximum absolute atomic E-state index is 3.97. The molecule has 1 aromatic rings. The Morgan fingerprint density at radius 3 is 1.00 bits per heavy atom. The van der Waals surface area contributed by atoms with Crippen molar-refractivity contribution in [2.75, 3.05) is 0 Å². The van der Waals surface area contributed by atoms with Crippen molar-refractivity contribution >= 4 is 87.6 Å². The quantitative estimate of drug-likeness (QED) is 0.168. The second-order valence-corrected chi connectivity index (χ2v) is 12.4. The van der Waals surface area contributed by atoms with Crippen LogP contribution in [-0.2, 0) is 0 Å². The van der Waals surface area contributed by atoms with E-state index in [0.717, 1.165) is 17.9 Å². The van der Waals surface area contributed by atoms with Gasteiger partial charge in [0.15, 0.2) is 0 Å². The Hall–Kier alpha value is -1.03. The monoisotopic (exact) mass is 674 g/mol. The molecule has 0 amide bonds. The normalized spacial score (nSPS) is 11.5. The summed E-state index contributed by atoms with van der Waals surface area (Å²) in [5.41, 5.74) is 4.85. The third-order valence-corrected chi connectivity index (χ3v) is 12.4. The van der Waals surface area contributed by atoms with E-state index in [1.54, 1.807) is 0 Å². The number of halogens is 4. The molecule has 4 aliphatic rings. The lowest BCUT2D eigenvalue weighted by atomic mass is 10.2. The Morgan fingerprint density at radius 1 is 0.387 bits per heavy atom. The van der Waals surface area contributed by atoms with Gasteiger partial charge in [0, 0.05) is 28.5 Å². The van der Waals surface area contributed by atoms with Crippen LogP contribution < -0.4 is 15.9 Å². The zero-order valence-corrected chi connectivity index (χ0v) is 23.4. The third-order valence-electron chi connectivity index (χ3n) is 5.32. The summed E-state index contributed by atoms with van der Waals surface area (Å²) >= 11 is 15.9. The molecule has 1 aromatic carbocycles. The highest BCUT2D eigenvalue weighted by atomic mass is 79.9. The molecule has 0 atom stereocenters. The molecule has 152 valence electrons. The first-order chi connectivity index (χ1) is 15.1. The highest BCUT2D eigenvalue weighted by Gasteiger charge is 2.33. The van der Waals surface area contributed by atoms with Gasteiger partial charge in [-0.2, -0.15) is 0 Å². The predicted octanol–water partition coefficient (Wildman–Crippen LogP) is 8.70. The molecule has 5 rings (SSSR count). The Balaban J connectivity index is 1.89. The molecule has 0 radical (unpaired) electrons. The van der Waals surface area contributed by atoms with Gasteiger partial charge < -0.3 is 0 Å². The summed E-state index contributed by atoms with van der Waals surface area (Å²) in [6.07, 6.45) is 0. The molecule has 0 fully saturated rings. The van der Waals surface area contributed by atoms with E-state index in [-0.39, 0.29) is 0 Å². The first-order valence-electron chi connectivity index (χ1n) is 9.66. The van der Waals surface area contributed by atoms with Crippen LogP contribution in [0.4, 0.5) is 0 Å². The molecule has 4 aliphatic carbocycles. The summed E-state index contributed by atoms with van der Waals surface area (Å²) in [4.78, 5) is 0. The van der Waals surface area contributed by atoms with Crippen LogP contribution in [0.3, 0.4) is 0 Å². The average Bonchev–Trinajstić information content (AvgIpc) is 3.06. The molecule has 0 nitrogen and oxygen atoms in total. The molecule has 0 saturated heterocycles. The molecule has 0 saturated carbocycles. The number of benzene rings is 1. The highest BCUT2D eigenvalue weighted by molar-refractivity contribution is 9.12. The van der Waals surface area contributed by atoms with E-state index in [9.17, 15) is 0 Å². The average molecular weight is 678 g/mol. The fourth-order valence-corrected chi connectivity index (χ4v) is 11.2. The van der Waals surface area contributed by atoms with Crippen molar-refractivity contribution in [2.24, 2.45) is 0 Å². The van der Waals surface area contributed by atoms with Gasteiger partial charge in [0.05, 0.1) is 0 Å². The molecule has 0 unspecified atom stereocenters. The Labute approximate surface area is 217 Å². The molecule has 0 heterocycles. The fraction of sp³-hybridized carbons (Fsp3) is 0. The molecular weight excluding hydrogens is 663 g/mol. The van der Waals surface area contributed by atoms with Crippen LogP contribution in [0.1, 0.15) is 0 Å². The van der Waals surface area contributed by atoms with Crippen LogP contribution in [0.2, 0.25) is 0 Å². The second-order valence-electron chi connectivity index (χ2n) is 7.10. The van der Waals surface area contributed by atoms with Crippen LogP contribution in [0.5, 0.6) is 0 Å². The number of hydrogen-bond acceptors (Lipinski definition) is 0. The Kier molecular flexibility index (Phi) is 6.38. The van der Waals surface area contributed by atoms with Gasteiger partial charge in [0.2, 0.25) is 0 Å². The third kappa shape index (κ3) is 3.75. The van der Waals surface area contributed by atoms with Gasteiger partial charge in [-0.05, 0) is 99.2 Å². The van der Waals surface area contributed by atoms with Gasteiger partial charge in [-0.15, -0.1) is 0 Å². The zero-order chi connectivity index (χ0) is 21.5. The molecule has 0 N–H and O–H groups in total. The summed E-state index contributed by atoms with van der Waals surface area (Å²) in [5, 5.41) is 3.90. The molecule has 0 aliphatic heterocycles. The first kappa shape index (κ1) is 21.8. The van der Waals surface area contributed by atoms with Crippen molar-refractivity contribution in [3.8, 4) is 22.3 Å². The fourth-order valence-electron chi connectivity index (χ4n) is 3.90. The number of hydrogen-bond donors (Lipinski definition) is 0. The minimum atomic E-state index is -0.848. The lowest BCUT2D eigenvalue weighted by molar-refractivity contribution is 1.77. The van der Waals surface area contributed by atoms with E-state index in [1.807, 2.05) is 0 Å². The van der Waals surface area contributed by atoms with Crippen LogP contribution in [0.25, 0.3) is 22.3 Å². The van der Waals surface area contributed by atoms with Gasteiger partial charge in [-0.25, -0.2) is 0 Å². The van der Waals surface area contributed by atoms with Crippen molar-refractivity contribution in [1.29, 1.82) is 0 Å². The topological polar surface area (TPSA) is 0 Å².